The first-order valence-electron chi connectivity index (χ1n) is 9.57. The maximum atomic E-state index is 5.35. The van der Waals surface area contributed by atoms with Crippen molar-refractivity contribution in [2.75, 3.05) is 43.1 Å². The van der Waals surface area contributed by atoms with Gasteiger partial charge in [0.2, 0.25) is 5.95 Å². The van der Waals surface area contributed by atoms with Gasteiger partial charge in [0.05, 0.1) is 12.8 Å². The number of fused-ring (bicyclic) bond motifs is 1. The third-order valence-electron chi connectivity index (χ3n) is 5.15. The summed E-state index contributed by atoms with van der Waals surface area (Å²) in [4.78, 5) is 17.9. The molecular formula is C21H21N7O. The van der Waals surface area contributed by atoms with Crippen molar-refractivity contribution in [2.24, 2.45) is 0 Å². The number of hydrogen-bond acceptors (Lipinski definition) is 7. The molecule has 3 aromatic heterocycles. The summed E-state index contributed by atoms with van der Waals surface area (Å²) in [5, 5.41) is 4.74. The second-order valence-corrected chi connectivity index (χ2v) is 6.87. The standard InChI is InChI=1S/C21H21N7O/c1-29-17-5-2-4-16(14-17)18-15-19-20(22-8-9-28(19)25-18)26-10-12-27(13-11-26)21-23-6-3-7-24-21/h2-9,14-15H,10-13H2,1H3. The van der Waals surface area contributed by atoms with Gasteiger partial charge in [-0.1, -0.05) is 12.1 Å². The van der Waals surface area contributed by atoms with Gasteiger partial charge in [-0.3, -0.25) is 0 Å². The smallest absolute Gasteiger partial charge is 0.225 e. The van der Waals surface area contributed by atoms with Crippen molar-refractivity contribution >= 4 is 17.3 Å². The molecule has 29 heavy (non-hydrogen) atoms. The largest absolute Gasteiger partial charge is 0.497 e. The minimum absolute atomic E-state index is 0.781. The fraction of sp³-hybridized carbons (Fsp3) is 0.238. The first kappa shape index (κ1) is 17.4. The lowest BCUT2D eigenvalue weighted by Gasteiger charge is -2.35. The molecule has 0 saturated carbocycles. The Hall–Kier alpha value is -3.68. The highest BCUT2D eigenvalue weighted by atomic mass is 16.5. The minimum Gasteiger partial charge on any atom is -0.497 e. The summed E-state index contributed by atoms with van der Waals surface area (Å²) in [6, 6.07) is 11.9. The Balaban J connectivity index is 1.42. The molecule has 5 rings (SSSR count). The fourth-order valence-electron chi connectivity index (χ4n) is 3.65. The van der Waals surface area contributed by atoms with E-state index in [4.69, 9.17) is 9.84 Å². The molecule has 146 valence electrons. The second-order valence-electron chi connectivity index (χ2n) is 6.87. The molecule has 1 aromatic carbocycles. The van der Waals surface area contributed by atoms with Gasteiger partial charge in [-0.2, -0.15) is 5.10 Å². The molecule has 0 spiro atoms. The molecular weight excluding hydrogens is 366 g/mol. The van der Waals surface area contributed by atoms with Crippen LogP contribution >= 0.6 is 0 Å². The maximum Gasteiger partial charge on any atom is 0.225 e. The molecule has 0 N–H and O–H groups in total. The van der Waals surface area contributed by atoms with Crippen LogP contribution in [0.3, 0.4) is 0 Å². The van der Waals surface area contributed by atoms with Crippen LogP contribution < -0.4 is 14.5 Å². The highest BCUT2D eigenvalue weighted by molar-refractivity contribution is 5.75. The van der Waals surface area contributed by atoms with Crippen molar-refractivity contribution in [1.82, 2.24) is 24.6 Å². The van der Waals surface area contributed by atoms with E-state index >= 15 is 0 Å². The molecule has 4 aromatic rings. The Morgan fingerprint density at radius 2 is 1.66 bits per heavy atom. The first-order chi connectivity index (χ1) is 14.3. The van der Waals surface area contributed by atoms with Crippen molar-refractivity contribution in [3.05, 3.63) is 61.2 Å². The molecule has 0 atom stereocenters. The molecule has 1 fully saturated rings. The van der Waals surface area contributed by atoms with Gasteiger partial charge in [-0.05, 0) is 24.3 Å². The normalized spacial score (nSPS) is 14.4. The van der Waals surface area contributed by atoms with Gasteiger partial charge >= 0.3 is 0 Å². The van der Waals surface area contributed by atoms with Gasteiger partial charge in [-0.15, -0.1) is 0 Å². The predicted molar refractivity (Wildman–Crippen MR) is 111 cm³/mol. The molecule has 8 nitrogen and oxygen atoms in total. The van der Waals surface area contributed by atoms with Crippen LogP contribution in [0.1, 0.15) is 0 Å². The average Bonchev–Trinajstić information content (AvgIpc) is 3.24. The number of nitrogens with zero attached hydrogens (tertiary/aromatic N) is 7. The summed E-state index contributed by atoms with van der Waals surface area (Å²) >= 11 is 0. The van der Waals surface area contributed by atoms with Crippen molar-refractivity contribution in [1.29, 1.82) is 0 Å². The van der Waals surface area contributed by atoms with E-state index in [1.54, 1.807) is 25.7 Å². The van der Waals surface area contributed by atoms with Gasteiger partial charge in [0.15, 0.2) is 5.82 Å². The number of anilines is 2. The Morgan fingerprint density at radius 1 is 0.862 bits per heavy atom. The van der Waals surface area contributed by atoms with E-state index in [9.17, 15) is 0 Å². The zero-order chi connectivity index (χ0) is 19.6. The van der Waals surface area contributed by atoms with E-state index in [-0.39, 0.29) is 0 Å². The molecule has 4 heterocycles. The van der Waals surface area contributed by atoms with Crippen LogP contribution in [0.15, 0.2) is 61.2 Å². The predicted octanol–water partition coefficient (Wildman–Crippen LogP) is 2.52. The summed E-state index contributed by atoms with van der Waals surface area (Å²) in [7, 11) is 1.67. The number of hydrogen-bond donors (Lipinski definition) is 0. The van der Waals surface area contributed by atoms with Gasteiger partial charge in [-0.25, -0.2) is 19.5 Å². The van der Waals surface area contributed by atoms with Crippen LogP contribution in [-0.4, -0.2) is 57.9 Å². The van der Waals surface area contributed by atoms with Crippen LogP contribution in [0, 0.1) is 0 Å². The van der Waals surface area contributed by atoms with Crippen molar-refractivity contribution in [3.8, 4) is 17.0 Å². The lowest BCUT2D eigenvalue weighted by molar-refractivity contribution is 0.415. The molecule has 1 saturated heterocycles. The van der Waals surface area contributed by atoms with Crippen LogP contribution in [-0.2, 0) is 0 Å². The monoisotopic (exact) mass is 387 g/mol. The summed E-state index contributed by atoms with van der Waals surface area (Å²) in [5.74, 6) is 2.54. The third kappa shape index (κ3) is 3.33. The Labute approximate surface area is 168 Å². The number of aromatic nitrogens is 5. The zero-order valence-electron chi connectivity index (χ0n) is 16.1. The van der Waals surface area contributed by atoms with Gasteiger partial charge in [0, 0.05) is 56.5 Å². The van der Waals surface area contributed by atoms with Crippen molar-refractivity contribution in [2.45, 2.75) is 0 Å². The number of rotatable bonds is 4. The fourth-order valence-corrected chi connectivity index (χ4v) is 3.65. The summed E-state index contributed by atoms with van der Waals surface area (Å²) < 4.78 is 7.24. The number of piperazine rings is 1. The van der Waals surface area contributed by atoms with E-state index in [1.807, 2.05) is 41.0 Å². The third-order valence-corrected chi connectivity index (χ3v) is 5.15. The van der Waals surface area contributed by atoms with Crippen LogP contribution in [0.4, 0.5) is 11.8 Å². The highest BCUT2D eigenvalue weighted by Gasteiger charge is 2.22. The molecule has 1 aliphatic rings. The Kier molecular flexibility index (Phi) is 4.44. The highest BCUT2D eigenvalue weighted by Crippen LogP contribution is 2.27. The topological polar surface area (TPSA) is 71.7 Å². The van der Waals surface area contributed by atoms with Crippen LogP contribution in [0.5, 0.6) is 5.75 Å². The Morgan fingerprint density at radius 3 is 2.45 bits per heavy atom. The lowest BCUT2D eigenvalue weighted by atomic mass is 10.1. The van der Waals surface area contributed by atoms with E-state index in [0.717, 1.165) is 60.5 Å². The summed E-state index contributed by atoms with van der Waals surface area (Å²) in [6.07, 6.45) is 7.25. The van der Waals surface area contributed by atoms with E-state index in [1.165, 1.54) is 0 Å². The SMILES string of the molecule is COc1cccc(-c2cc3c(N4CCN(c5ncccn5)CC4)nccn3n2)c1. The van der Waals surface area contributed by atoms with Gasteiger partial charge in [0.1, 0.15) is 11.3 Å². The lowest BCUT2D eigenvalue weighted by Crippen LogP contribution is -2.47. The molecule has 0 amide bonds. The van der Waals surface area contributed by atoms with E-state index < -0.39 is 0 Å². The minimum atomic E-state index is 0.781. The number of benzene rings is 1. The molecule has 0 aliphatic carbocycles. The van der Waals surface area contributed by atoms with Crippen molar-refractivity contribution in [3.63, 3.8) is 0 Å². The summed E-state index contributed by atoms with van der Waals surface area (Å²) in [5.41, 5.74) is 2.91. The van der Waals surface area contributed by atoms with E-state index in [0.29, 0.717) is 0 Å². The number of methoxy groups -OCH3 is 1. The van der Waals surface area contributed by atoms with Gasteiger partial charge in [0.25, 0.3) is 0 Å². The number of ether oxygens (including phenoxy) is 1. The zero-order valence-corrected chi connectivity index (χ0v) is 16.1. The molecule has 0 unspecified atom stereocenters. The molecule has 0 radical (unpaired) electrons. The Bertz CT molecular complexity index is 1120. The van der Waals surface area contributed by atoms with Crippen molar-refractivity contribution < 1.29 is 4.74 Å². The van der Waals surface area contributed by atoms with Gasteiger partial charge < -0.3 is 14.5 Å². The molecule has 0 bridgehead atoms. The maximum absolute atomic E-state index is 5.35. The summed E-state index contributed by atoms with van der Waals surface area (Å²) in [6.45, 7) is 3.41. The van der Waals surface area contributed by atoms with Crippen LogP contribution in [0.25, 0.3) is 16.8 Å². The van der Waals surface area contributed by atoms with E-state index in [2.05, 4.69) is 30.8 Å². The van der Waals surface area contributed by atoms with Crippen LogP contribution in [0.2, 0.25) is 0 Å². The quantitative estimate of drug-likeness (QED) is 0.533. The molecule has 8 heteroatoms. The average molecular weight is 387 g/mol. The molecule has 1 aliphatic heterocycles. The second kappa shape index (κ2) is 7.38. The first-order valence-corrected chi connectivity index (χ1v) is 9.57.